The molecule has 0 atom stereocenters. The Kier molecular flexibility index (Phi) is 51.5. The minimum Gasteiger partial charge on any atom is -0.662 e. The van der Waals surface area contributed by atoms with Crippen molar-refractivity contribution in [2.24, 2.45) is 27.1 Å². The fourth-order valence-corrected chi connectivity index (χ4v) is 5.72. The summed E-state index contributed by atoms with van der Waals surface area (Å²) in [6.45, 7) is 32.9. The predicted octanol–water partition coefficient (Wildman–Crippen LogP) is 9.01. The summed E-state index contributed by atoms with van der Waals surface area (Å²) in [5, 5.41) is 48.0. The second kappa shape index (κ2) is 45.2. The third kappa shape index (κ3) is 81.9. The van der Waals surface area contributed by atoms with Gasteiger partial charge in [0.2, 0.25) is 0 Å². The molecular weight excluding hydrogens is 891 g/mol. The quantitative estimate of drug-likeness (QED) is 0.0470. The number of carbonyl (C=O) groups excluding carboxylic acids is 5. The van der Waals surface area contributed by atoms with Crippen molar-refractivity contribution in [1.29, 1.82) is 0 Å². The second-order valence-corrected chi connectivity index (χ2v) is 22.9. The number of hydrogen-bond donors (Lipinski definition) is 0. The minimum absolute atomic E-state index is 0. The topological polar surface area (TPSA) is 247 Å². The van der Waals surface area contributed by atoms with E-state index in [0.29, 0.717) is 27.1 Å². The number of hydrogen-bond acceptors (Lipinski definition) is 15. The van der Waals surface area contributed by atoms with Crippen molar-refractivity contribution in [1.82, 2.24) is 0 Å². The summed E-state index contributed by atoms with van der Waals surface area (Å²) in [4.78, 5) is 68.7. The van der Waals surface area contributed by atoms with Crippen molar-refractivity contribution in [3.63, 3.8) is 0 Å². The molecule has 0 bridgehead atoms. The molecule has 0 aromatic rings. The predicted molar refractivity (Wildman–Crippen MR) is 243 cm³/mol. The van der Waals surface area contributed by atoms with Gasteiger partial charge in [-0.25, -0.2) is 0 Å². The van der Waals surface area contributed by atoms with Gasteiger partial charge in [0, 0.05) is 50.7 Å². The molecule has 66 heavy (non-hydrogen) atoms. The van der Waals surface area contributed by atoms with Crippen LogP contribution in [0.5, 0.6) is 0 Å². The monoisotopic (exact) mass is 987 g/mol. The van der Waals surface area contributed by atoms with Crippen LogP contribution in [0.15, 0.2) is 0 Å². The zero-order valence-corrected chi connectivity index (χ0v) is 45.6. The summed E-state index contributed by atoms with van der Waals surface area (Å²) in [6.07, 6.45) is 21.4. The molecule has 0 aromatic heterocycles. The maximum absolute atomic E-state index is 10.4. The molecule has 0 aromatic carbocycles. The normalized spacial score (nSPS) is 11.2. The van der Waals surface area contributed by atoms with Crippen LogP contribution >= 0.6 is 0 Å². The number of carbonyl (C=O) groups is 5. The molecule has 0 heterocycles. The molecule has 16 heteroatoms. The van der Waals surface area contributed by atoms with Gasteiger partial charge in [-0.05, 0) is 91.3 Å². The molecule has 0 N–H and O–H groups in total. The summed E-state index contributed by atoms with van der Waals surface area (Å²) in [7, 11) is 0. The summed E-state index contributed by atoms with van der Waals surface area (Å²) < 4.78 is 0. The number of unbranched alkanes of at least 4 members (excludes halogenated alkanes) is 10. The molecule has 15 nitrogen and oxygen atoms in total. The second-order valence-electron chi connectivity index (χ2n) is 22.9. The Morgan fingerprint density at radius 2 is 0.379 bits per heavy atom. The first-order chi connectivity index (χ1) is 29.8. The van der Waals surface area contributed by atoms with Gasteiger partial charge in [0.25, 0.3) is 29.8 Å². The van der Waals surface area contributed by atoms with E-state index >= 15 is 0 Å². The van der Waals surface area contributed by atoms with Gasteiger partial charge in [-0.15, -0.1) is 0 Å². The van der Waals surface area contributed by atoms with Crippen LogP contribution in [0.2, 0.25) is 0 Å². The molecule has 0 saturated heterocycles. The van der Waals surface area contributed by atoms with Crippen molar-refractivity contribution in [2.45, 2.75) is 264 Å². The maximum Gasteiger partial charge on any atom is 0.299 e. The zero-order valence-electron chi connectivity index (χ0n) is 44.2. The van der Waals surface area contributed by atoms with Gasteiger partial charge in [-0.3, -0.25) is 24.0 Å². The van der Waals surface area contributed by atoms with Crippen molar-refractivity contribution < 1.29 is 93.3 Å². The maximum atomic E-state index is 10.4. The first kappa shape index (κ1) is 75.3. The van der Waals surface area contributed by atoms with Gasteiger partial charge in [-0.1, -0.05) is 168 Å². The van der Waals surface area contributed by atoms with Crippen molar-refractivity contribution in [2.75, 3.05) is 0 Å². The van der Waals surface area contributed by atoms with Crippen LogP contribution in [0, 0.1) is 27.1 Å². The zero-order chi connectivity index (χ0) is 51.6. The average Bonchev–Trinajstić information content (AvgIpc) is 3.18. The SMILES string of the molecule is CC(C)(C)CCCCCC(=O)O[O-].CC(C)(C)CCCCCC(=O)O[O-].CC(C)(C)CCCCCC(=O)O[O-].CC(C)(C)CCCCCC(=O)O[O-].CC(C)(C)CCCCCC(=O)O[O-].[V]. The summed E-state index contributed by atoms with van der Waals surface area (Å²) in [5.74, 6) is -3.21. The molecule has 0 spiro atoms. The van der Waals surface area contributed by atoms with E-state index in [1.54, 1.807) is 0 Å². The molecule has 0 aliphatic carbocycles. The van der Waals surface area contributed by atoms with E-state index in [-0.39, 0.29) is 50.7 Å². The molecule has 0 unspecified atom stereocenters. The fraction of sp³-hybridized carbons (Fsp3) is 0.900. The molecular formula is C50H95O15V-5. The number of rotatable bonds is 25. The van der Waals surface area contributed by atoms with Crippen LogP contribution in [0.4, 0.5) is 0 Å². The Morgan fingerprint density at radius 1 is 0.258 bits per heavy atom. The van der Waals surface area contributed by atoms with Gasteiger partial charge in [0.05, 0.1) is 0 Å². The molecule has 395 valence electrons. The van der Waals surface area contributed by atoms with Crippen LogP contribution in [0.25, 0.3) is 0 Å². The Balaban J connectivity index is -0.000000170. The molecule has 0 amide bonds. The standard InChI is InChI=1S/5C10H20O3.V/c5*1-10(2,3)8-6-4-5-7-9(11)13-12;/h5*12H,4-8H2,1-3H3;/p-5. The van der Waals surface area contributed by atoms with Gasteiger partial charge >= 0.3 is 0 Å². The third-order valence-corrected chi connectivity index (χ3v) is 9.50. The first-order valence-corrected chi connectivity index (χ1v) is 23.9. The Labute approximate surface area is 413 Å². The fourth-order valence-electron chi connectivity index (χ4n) is 5.72. The largest absolute Gasteiger partial charge is 0.662 e. The molecule has 0 saturated carbocycles. The van der Waals surface area contributed by atoms with Gasteiger partial charge < -0.3 is 50.7 Å². The Hall–Kier alpha value is -2.27. The van der Waals surface area contributed by atoms with E-state index in [9.17, 15) is 50.3 Å². The summed E-state index contributed by atoms with van der Waals surface area (Å²) >= 11 is 0. The van der Waals surface area contributed by atoms with Crippen LogP contribution in [-0.2, 0) is 67.0 Å². The average molecular weight is 987 g/mol. The summed E-state index contributed by atoms with van der Waals surface area (Å²) in [5.41, 5.74) is 1.80. The molecule has 0 rings (SSSR count). The van der Waals surface area contributed by atoms with Crippen molar-refractivity contribution in [3.8, 4) is 0 Å². The van der Waals surface area contributed by atoms with E-state index in [2.05, 4.69) is 128 Å². The van der Waals surface area contributed by atoms with E-state index in [1.807, 2.05) is 0 Å². The van der Waals surface area contributed by atoms with Gasteiger partial charge in [-0.2, -0.15) is 0 Å². The third-order valence-electron chi connectivity index (χ3n) is 9.50. The van der Waals surface area contributed by atoms with E-state index < -0.39 is 29.8 Å². The van der Waals surface area contributed by atoms with Crippen molar-refractivity contribution >= 4 is 29.8 Å². The molecule has 1 radical (unpaired) electrons. The molecule has 0 aliphatic rings. The van der Waals surface area contributed by atoms with Gasteiger partial charge in [0.1, 0.15) is 0 Å². The van der Waals surface area contributed by atoms with Crippen LogP contribution < -0.4 is 26.3 Å². The van der Waals surface area contributed by atoms with E-state index in [0.717, 1.165) is 128 Å². The Morgan fingerprint density at radius 3 is 0.470 bits per heavy atom. The molecule has 0 fully saturated rings. The molecule has 0 aliphatic heterocycles. The Bertz CT molecular complexity index is 950. The van der Waals surface area contributed by atoms with E-state index in [1.165, 1.54) is 0 Å². The van der Waals surface area contributed by atoms with Crippen LogP contribution in [0.3, 0.4) is 0 Å². The minimum atomic E-state index is -0.643. The van der Waals surface area contributed by atoms with Gasteiger partial charge in [0.15, 0.2) is 0 Å². The smallest absolute Gasteiger partial charge is 0.299 e. The first-order valence-electron chi connectivity index (χ1n) is 23.9. The summed E-state index contributed by atoms with van der Waals surface area (Å²) in [6, 6.07) is 0. The van der Waals surface area contributed by atoms with E-state index in [4.69, 9.17) is 0 Å². The van der Waals surface area contributed by atoms with Crippen molar-refractivity contribution in [3.05, 3.63) is 0 Å². The van der Waals surface area contributed by atoms with Crippen LogP contribution in [0.1, 0.15) is 264 Å². The van der Waals surface area contributed by atoms with Crippen LogP contribution in [-0.4, -0.2) is 29.8 Å².